The minimum Gasteiger partial charge on any atom is -0.457 e. The molecule has 2 aromatic carbocycles. The smallest absolute Gasteiger partial charge is 0.316 e. The number of fused-ring (bicyclic) bond motifs is 1. The normalized spacial score (nSPS) is 16.1. The first-order valence-corrected chi connectivity index (χ1v) is 10.3. The summed E-state index contributed by atoms with van der Waals surface area (Å²) in [5.74, 6) is -0.581. The lowest BCUT2D eigenvalue weighted by molar-refractivity contribution is -0.144. The van der Waals surface area contributed by atoms with E-state index < -0.39 is 5.97 Å². The summed E-state index contributed by atoms with van der Waals surface area (Å²) in [6.07, 6.45) is 1.58. The molecule has 0 saturated carbocycles. The van der Waals surface area contributed by atoms with Gasteiger partial charge in [-0.1, -0.05) is 55.8 Å². The van der Waals surface area contributed by atoms with E-state index in [-0.39, 0.29) is 23.6 Å². The fourth-order valence-corrected chi connectivity index (χ4v) is 4.38. The summed E-state index contributed by atoms with van der Waals surface area (Å²) >= 11 is 7.36. The van der Waals surface area contributed by atoms with E-state index in [1.807, 2.05) is 48.3 Å². The van der Waals surface area contributed by atoms with Crippen LogP contribution >= 0.6 is 23.4 Å². The maximum Gasteiger partial charge on any atom is 0.316 e. The van der Waals surface area contributed by atoms with Gasteiger partial charge in [0.25, 0.3) is 0 Å². The van der Waals surface area contributed by atoms with Gasteiger partial charge in [0.05, 0.1) is 10.8 Å². The molecule has 3 rings (SSSR count). The van der Waals surface area contributed by atoms with Crippen LogP contribution in [0.25, 0.3) is 0 Å². The molecule has 6 heteroatoms. The quantitative estimate of drug-likeness (QED) is 0.383. The van der Waals surface area contributed by atoms with Crippen molar-refractivity contribution in [3.63, 3.8) is 0 Å². The largest absolute Gasteiger partial charge is 0.457 e. The molecule has 146 valence electrons. The Labute approximate surface area is 174 Å². The number of nitrogens with zero attached hydrogens (tertiary/aromatic N) is 1. The molecule has 1 aliphatic heterocycles. The summed E-state index contributed by atoms with van der Waals surface area (Å²) in [5.41, 5.74) is 2.86. The van der Waals surface area contributed by atoms with Gasteiger partial charge in [0.15, 0.2) is 12.4 Å². The number of anilines is 1. The number of likely N-dealkylation sites (N-methyl/N-ethyl adjacent to an activating group) is 1. The molecule has 28 heavy (non-hydrogen) atoms. The van der Waals surface area contributed by atoms with Crippen molar-refractivity contribution in [2.24, 2.45) is 0 Å². The predicted octanol–water partition coefficient (Wildman–Crippen LogP) is 4.86. The molecule has 0 fully saturated rings. The Bertz CT molecular complexity index is 939. The molecule has 0 N–H and O–H groups in total. The number of allylic oxidation sites excluding steroid dienone is 1. The third kappa shape index (κ3) is 4.26. The van der Waals surface area contributed by atoms with E-state index in [1.54, 1.807) is 12.1 Å². The van der Waals surface area contributed by atoms with Crippen LogP contribution in [-0.2, 0) is 19.7 Å². The van der Waals surface area contributed by atoms with Crippen LogP contribution in [0.5, 0.6) is 0 Å². The van der Waals surface area contributed by atoms with E-state index in [0.717, 1.165) is 16.3 Å². The number of ether oxygens (including phenoxy) is 1. The molecule has 4 nitrogen and oxygen atoms in total. The molecule has 1 heterocycles. The molecular weight excluding hydrogens is 394 g/mol. The molecular formula is C22H22ClNO3S. The van der Waals surface area contributed by atoms with Crippen LogP contribution in [0.15, 0.2) is 65.2 Å². The first-order chi connectivity index (χ1) is 13.3. The summed E-state index contributed by atoms with van der Waals surface area (Å²) < 4.78 is 5.14. The first kappa shape index (κ1) is 20.5. The molecule has 0 aromatic heterocycles. The molecule has 0 spiro atoms. The van der Waals surface area contributed by atoms with Crippen molar-refractivity contribution >= 4 is 40.8 Å². The Hall–Kier alpha value is -2.24. The molecule has 2 aromatic rings. The van der Waals surface area contributed by atoms with Gasteiger partial charge in [0.1, 0.15) is 0 Å². The van der Waals surface area contributed by atoms with Crippen LogP contribution in [-0.4, -0.2) is 31.2 Å². The molecule has 0 radical (unpaired) electrons. The molecule has 0 bridgehead atoms. The topological polar surface area (TPSA) is 46.6 Å². The minimum atomic E-state index is -0.445. The minimum absolute atomic E-state index is 0.102. The van der Waals surface area contributed by atoms with Crippen LogP contribution in [0, 0.1) is 0 Å². The monoisotopic (exact) mass is 415 g/mol. The molecule has 0 atom stereocenters. The number of carbonyl (C=O) groups is 2. The van der Waals surface area contributed by atoms with Gasteiger partial charge in [-0.25, -0.2) is 0 Å². The Morgan fingerprint density at radius 2 is 1.82 bits per heavy atom. The zero-order valence-corrected chi connectivity index (χ0v) is 17.6. The third-order valence-corrected chi connectivity index (χ3v) is 6.28. The van der Waals surface area contributed by atoms with Crippen LogP contribution < -0.4 is 4.90 Å². The summed E-state index contributed by atoms with van der Waals surface area (Å²) in [6, 6.07) is 15.4. The maximum absolute atomic E-state index is 12.4. The molecule has 0 amide bonds. The number of benzene rings is 2. The average molecular weight is 416 g/mol. The van der Waals surface area contributed by atoms with Crippen molar-refractivity contribution in [3.05, 3.63) is 70.9 Å². The van der Waals surface area contributed by atoms with Crippen molar-refractivity contribution in [2.45, 2.75) is 24.2 Å². The first-order valence-electron chi connectivity index (χ1n) is 8.92. The van der Waals surface area contributed by atoms with Crippen LogP contribution in [0.1, 0.15) is 19.4 Å². The van der Waals surface area contributed by atoms with Crippen LogP contribution in [0.3, 0.4) is 0 Å². The van der Waals surface area contributed by atoms with Crippen molar-refractivity contribution in [3.8, 4) is 0 Å². The SMILES string of the molecule is CN1C(=CC(=O)COC(=O)CSc2ccccc2Cl)C(C)(C)c2ccccc21. The van der Waals surface area contributed by atoms with Gasteiger partial charge in [0, 0.05) is 34.8 Å². The van der Waals surface area contributed by atoms with E-state index in [9.17, 15) is 9.59 Å². The van der Waals surface area contributed by atoms with Crippen molar-refractivity contribution in [1.29, 1.82) is 0 Å². The van der Waals surface area contributed by atoms with Gasteiger partial charge in [-0.2, -0.15) is 0 Å². The highest BCUT2D eigenvalue weighted by Crippen LogP contribution is 2.46. The van der Waals surface area contributed by atoms with Gasteiger partial charge in [-0.3, -0.25) is 9.59 Å². The number of carbonyl (C=O) groups excluding carboxylic acids is 2. The van der Waals surface area contributed by atoms with Gasteiger partial charge >= 0.3 is 5.97 Å². The van der Waals surface area contributed by atoms with E-state index in [0.29, 0.717) is 5.02 Å². The fraction of sp³-hybridized carbons (Fsp3) is 0.273. The summed E-state index contributed by atoms with van der Waals surface area (Å²) in [7, 11) is 1.94. The molecule has 0 saturated heterocycles. The summed E-state index contributed by atoms with van der Waals surface area (Å²) in [4.78, 5) is 27.2. The van der Waals surface area contributed by atoms with E-state index in [1.165, 1.54) is 17.3 Å². The number of para-hydroxylation sites is 1. The van der Waals surface area contributed by atoms with Crippen LogP contribution in [0.4, 0.5) is 5.69 Å². The number of rotatable bonds is 6. The molecule has 0 unspecified atom stereocenters. The Morgan fingerprint density at radius 1 is 1.14 bits per heavy atom. The van der Waals surface area contributed by atoms with Gasteiger partial charge in [0.2, 0.25) is 0 Å². The van der Waals surface area contributed by atoms with Crippen molar-refractivity contribution < 1.29 is 14.3 Å². The van der Waals surface area contributed by atoms with Crippen LogP contribution in [0.2, 0.25) is 5.02 Å². The number of thioether (sulfide) groups is 1. The Morgan fingerprint density at radius 3 is 2.54 bits per heavy atom. The predicted molar refractivity (Wildman–Crippen MR) is 114 cm³/mol. The van der Waals surface area contributed by atoms with E-state index in [4.69, 9.17) is 16.3 Å². The highest BCUT2D eigenvalue weighted by Gasteiger charge is 2.38. The zero-order valence-electron chi connectivity index (χ0n) is 16.1. The van der Waals surface area contributed by atoms with Gasteiger partial charge in [-0.05, 0) is 23.8 Å². The number of halogens is 1. The lowest BCUT2D eigenvalue weighted by Gasteiger charge is -2.23. The number of ketones is 1. The number of esters is 1. The van der Waals surface area contributed by atoms with Crippen molar-refractivity contribution in [2.75, 3.05) is 24.3 Å². The number of hydrogen-bond acceptors (Lipinski definition) is 5. The van der Waals surface area contributed by atoms with Crippen molar-refractivity contribution in [1.82, 2.24) is 0 Å². The molecule has 1 aliphatic rings. The Balaban J connectivity index is 1.58. The molecule has 0 aliphatic carbocycles. The fourth-order valence-electron chi connectivity index (χ4n) is 3.34. The standard InChI is InChI=1S/C22H22ClNO3S/c1-22(2)16-8-4-6-10-18(16)24(3)20(22)12-15(25)13-27-21(26)14-28-19-11-7-5-9-17(19)23/h4-12H,13-14H2,1-3H3. The second-order valence-electron chi connectivity index (χ2n) is 7.08. The maximum atomic E-state index is 12.4. The zero-order chi connectivity index (χ0) is 20.3. The average Bonchev–Trinajstić information content (AvgIpc) is 2.87. The second-order valence-corrected chi connectivity index (χ2v) is 8.50. The summed E-state index contributed by atoms with van der Waals surface area (Å²) in [5, 5.41) is 0.590. The third-order valence-electron chi connectivity index (χ3n) is 4.80. The lowest BCUT2D eigenvalue weighted by atomic mass is 9.83. The van der Waals surface area contributed by atoms with Gasteiger partial charge < -0.3 is 9.64 Å². The van der Waals surface area contributed by atoms with E-state index in [2.05, 4.69) is 19.9 Å². The second kappa shape index (κ2) is 8.41. The Kier molecular flexibility index (Phi) is 6.16. The highest BCUT2D eigenvalue weighted by molar-refractivity contribution is 8.00. The number of hydrogen-bond donors (Lipinski definition) is 0. The van der Waals surface area contributed by atoms with E-state index >= 15 is 0 Å². The highest BCUT2D eigenvalue weighted by atomic mass is 35.5. The van der Waals surface area contributed by atoms with Gasteiger partial charge in [-0.15, -0.1) is 11.8 Å². The lowest BCUT2D eigenvalue weighted by Crippen LogP contribution is -2.25. The summed E-state index contributed by atoms with van der Waals surface area (Å²) in [6.45, 7) is 3.90.